The highest BCUT2D eigenvalue weighted by atomic mass is 35.5. The van der Waals surface area contributed by atoms with E-state index in [1.807, 2.05) is 17.5 Å². The predicted molar refractivity (Wildman–Crippen MR) is 71.5 cm³/mol. The van der Waals surface area contributed by atoms with E-state index in [1.54, 1.807) is 0 Å². The molecule has 1 aromatic heterocycles. The van der Waals surface area contributed by atoms with Crippen LogP contribution in [0.15, 0.2) is 6.20 Å². The minimum atomic E-state index is 0. The van der Waals surface area contributed by atoms with Gasteiger partial charge in [0.1, 0.15) is 5.01 Å². The molecule has 1 aliphatic rings. The average molecular weight is 262 g/mol. The molecule has 0 aromatic carbocycles. The van der Waals surface area contributed by atoms with Crippen LogP contribution < -0.4 is 5.32 Å². The van der Waals surface area contributed by atoms with Crippen molar-refractivity contribution in [3.8, 4) is 0 Å². The van der Waals surface area contributed by atoms with Crippen LogP contribution in [0.25, 0.3) is 0 Å². The summed E-state index contributed by atoms with van der Waals surface area (Å²) in [5, 5.41) is 4.67. The first-order valence-electron chi connectivity index (χ1n) is 5.68. The normalized spacial score (nSPS) is 21.8. The zero-order valence-corrected chi connectivity index (χ0v) is 11.5. The van der Waals surface area contributed by atoms with Crippen LogP contribution >= 0.6 is 23.7 Å². The van der Waals surface area contributed by atoms with Crippen LogP contribution in [-0.4, -0.2) is 35.6 Å². The molecule has 1 N–H and O–H groups in total. The molecule has 16 heavy (non-hydrogen) atoms. The lowest BCUT2D eigenvalue weighted by Crippen LogP contribution is -2.49. The molecule has 1 aliphatic heterocycles. The lowest BCUT2D eigenvalue weighted by molar-refractivity contribution is 0.165. The third-order valence-corrected chi connectivity index (χ3v) is 4.05. The second-order valence-corrected chi connectivity index (χ2v) is 5.30. The van der Waals surface area contributed by atoms with Crippen molar-refractivity contribution in [2.45, 2.75) is 32.9 Å². The van der Waals surface area contributed by atoms with Crippen LogP contribution in [0, 0.1) is 0 Å². The summed E-state index contributed by atoms with van der Waals surface area (Å²) in [5.41, 5.74) is 0. The molecule has 0 aliphatic carbocycles. The second kappa shape index (κ2) is 6.55. The van der Waals surface area contributed by atoms with Crippen molar-refractivity contribution in [2.24, 2.45) is 0 Å². The Morgan fingerprint density at radius 3 is 3.06 bits per heavy atom. The maximum Gasteiger partial charge on any atom is 0.107 e. The molecule has 0 radical (unpaired) electrons. The summed E-state index contributed by atoms with van der Waals surface area (Å²) in [4.78, 5) is 8.38. The summed E-state index contributed by atoms with van der Waals surface area (Å²) in [7, 11) is 0. The van der Waals surface area contributed by atoms with Crippen molar-refractivity contribution < 1.29 is 0 Å². The number of piperazine rings is 1. The van der Waals surface area contributed by atoms with E-state index in [0.717, 1.165) is 32.6 Å². The van der Waals surface area contributed by atoms with E-state index in [1.165, 1.54) is 9.88 Å². The van der Waals surface area contributed by atoms with Crippen LogP contribution in [-0.2, 0) is 13.0 Å². The molecule has 1 fully saturated rings. The number of nitrogens with one attached hydrogen (secondary N) is 1. The number of thiazole rings is 1. The molecule has 5 heteroatoms. The smallest absolute Gasteiger partial charge is 0.107 e. The van der Waals surface area contributed by atoms with Gasteiger partial charge in [0.15, 0.2) is 0 Å². The summed E-state index contributed by atoms with van der Waals surface area (Å²) < 4.78 is 0. The van der Waals surface area contributed by atoms with Crippen molar-refractivity contribution in [3.63, 3.8) is 0 Å². The molecule has 3 nitrogen and oxygen atoms in total. The van der Waals surface area contributed by atoms with Crippen molar-refractivity contribution in [1.82, 2.24) is 15.2 Å². The van der Waals surface area contributed by atoms with Crippen molar-refractivity contribution in [1.29, 1.82) is 0 Å². The summed E-state index contributed by atoms with van der Waals surface area (Å²) in [5.74, 6) is 0. The molecular formula is C11H20ClN3S. The molecule has 0 unspecified atom stereocenters. The fraction of sp³-hybridized carbons (Fsp3) is 0.727. The molecular weight excluding hydrogens is 242 g/mol. The highest BCUT2D eigenvalue weighted by molar-refractivity contribution is 7.11. The van der Waals surface area contributed by atoms with Gasteiger partial charge in [-0.3, -0.25) is 4.90 Å². The van der Waals surface area contributed by atoms with Gasteiger partial charge < -0.3 is 5.32 Å². The van der Waals surface area contributed by atoms with Gasteiger partial charge in [-0.1, -0.05) is 6.92 Å². The number of hydrogen-bond donors (Lipinski definition) is 1. The van der Waals surface area contributed by atoms with Crippen LogP contribution in [0.3, 0.4) is 0 Å². The zero-order valence-electron chi connectivity index (χ0n) is 9.90. The Morgan fingerprint density at radius 2 is 2.44 bits per heavy atom. The van der Waals surface area contributed by atoms with Crippen molar-refractivity contribution in [2.75, 3.05) is 19.6 Å². The monoisotopic (exact) mass is 261 g/mol. The molecule has 2 rings (SSSR count). The fourth-order valence-electron chi connectivity index (χ4n) is 1.88. The fourth-order valence-corrected chi connectivity index (χ4v) is 2.76. The van der Waals surface area contributed by atoms with Gasteiger partial charge in [-0.25, -0.2) is 4.98 Å². The van der Waals surface area contributed by atoms with Gasteiger partial charge in [0.05, 0.1) is 6.54 Å². The van der Waals surface area contributed by atoms with E-state index in [2.05, 4.69) is 29.0 Å². The Morgan fingerprint density at radius 1 is 1.62 bits per heavy atom. The van der Waals surface area contributed by atoms with Gasteiger partial charge in [0.2, 0.25) is 0 Å². The van der Waals surface area contributed by atoms with Crippen molar-refractivity contribution in [3.05, 3.63) is 16.1 Å². The number of aryl methyl sites for hydroxylation is 1. The zero-order chi connectivity index (χ0) is 10.7. The Balaban J connectivity index is 0.00000128. The molecule has 2 heterocycles. The third kappa shape index (κ3) is 3.42. The molecule has 0 bridgehead atoms. The Bertz CT molecular complexity index is 316. The van der Waals surface area contributed by atoms with Gasteiger partial charge >= 0.3 is 0 Å². The minimum absolute atomic E-state index is 0. The summed E-state index contributed by atoms with van der Waals surface area (Å²) in [6.45, 7) is 8.84. The number of halogens is 1. The quantitative estimate of drug-likeness (QED) is 0.901. The number of nitrogens with zero attached hydrogens (tertiary/aromatic N) is 2. The Hall–Kier alpha value is -0.160. The van der Waals surface area contributed by atoms with Crippen LogP contribution in [0.4, 0.5) is 0 Å². The minimum Gasteiger partial charge on any atom is -0.314 e. The number of hydrogen-bond acceptors (Lipinski definition) is 4. The van der Waals surface area contributed by atoms with E-state index in [4.69, 9.17) is 0 Å². The first-order valence-corrected chi connectivity index (χ1v) is 6.49. The van der Waals surface area contributed by atoms with E-state index >= 15 is 0 Å². The van der Waals surface area contributed by atoms with Crippen LogP contribution in [0.5, 0.6) is 0 Å². The molecule has 92 valence electrons. The SMILES string of the molecule is CCc1cnc(CN2CCNC[C@@H]2C)s1.Cl. The second-order valence-electron chi connectivity index (χ2n) is 4.10. The largest absolute Gasteiger partial charge is 0.314 e. The number of aromatic nitrogens is 1. The number of rotatable bonds is 3. The van der Waals surface area contributed by atoms with Gasteiger partial charge in [0, 0.05) is 36.8 Å². The summed E-state index contributed by atoms with van der Waals surface area (Å²) in [6, 6.07) is 0.632. The predicted octanol–water partition coefficient (Wildman–Crippen LogP) is 1.92. The van der Waals surface area contributed by atoms with E-state index in [-0.39, 0.29) is 12.4 Å². The Labute approximate surface area is 108 Å². The third-order valence-electron chi connectivity index (χ3n) is 2.93. The molecule has 1 saturated heterocycles. The summed E-state index contributed by atoms with van der Waals surface area (Å²) in [6.07, 6.45) is 3.13. The van der Waals surface area contributed by atoms with Gasteiger partial charge in [0.25, 0.3) is 0 Å². The van der Waals surface area contributed by atoms with Crippen LogP contribution in [0.2, 0.25) is 0 Å². The van der Waals surface area contributed by atoms with Crippen molar-refractivity contribution >= 4 is 23.7 Å². The molecule has 0 spiro atoms. The lowest BCUT2D eigenvalue weighted by atomic mass is 10.2. The topological polar surface area (TPSA) is 28.2 Å². The first-order chi connectivity index (χ1) is 7.29. The maximum atomic E-state index is 4.47. The molecule has 0 saturated carbocycles. The maximum absolute atomic E-state index is 4.47. The molecule has 1 atom stereocenters. The standard InChI is InChI=1S/C11H19N3S.ClH/c1-3-10-7-13-11(15-10)8-14-5-4-12-6-9(14)2;/h7,9,12H,3-6,8H2,1-2H3;1H/t9-;/m0./s1. The lowest BCUT2D eigenvalue weighted by Gasteiger charge is -2.33. The first kappa shape index (κ1) is 13.9. The van der Waals surface area contributed by atoms with Gasteiger partial charge in [-0.2, -0.15) is 0 Å². The highest BCUT2D eigenvalue weighted by Crippen LogP contribution is 2.17. The van der Waals surface area contributed by atoms with E-state index in [9.17, 15) is 0 Å². The van der Waals surface area contributed by atoms with Crippen LogP contribution in [0.1, 0.15) is 23.7 Å². The van der Waals surface area contributed by atoms with Gasteiger partial charge in [-0.15, -0.1) is 23.7 Å². The van der Waals surface area contributed by atoms with Gasteiger partial charge in [-0.05, 0) is 13.3 Å². The summed E-state index contributed by atoms with van der Waals surface area (Å²) >= 11 is 1.86. The molecule has 1 aromatic rings. The highest BCUT2D eigenvalue weighted by Gasteiger charge is 2.18. The average Bonchev–Trinajstić information content (AvgIpc) is 2.69. The molecule has 0 amide bonds. The Kier molecular flexibility index (Phi) is 5.69. The van der Waals surface area contributed by atoms with E-state index < -0.39 is 0 Å². The van der Waals surface area contributed by atoms with E-state index in [0.29, 0.717) is 6.04 Å².